The number of amides is 1. The van der Waals surface area contributed by atoms with Crippen LogP contribution in [0.2, 0.25) is 0 Å². The highest BCUT2D eigenvalue weighted by Crippen LogP contribution is 2.38. The molecule has 3 N–H and O–H groups in total. The number of carbonyl (C=O) groups is 4. The van der Waals surface area contributed by atoms with Gasteiger partial charge in [-0.15, -0.1) is 0 Å². The van der Waals surface area contributed by atoms with E-state index >= 15 is 0 Å². The number of rotatable bonds is 9. The summed E-state index contributed by atoms with van der Waals surface area (Å²) >= 11 is 0. The van der Waals surface area contributed by atoms with Crippen molar-refractivity contribution in [2.75, 3.05) is 41.1 Å². The maximum atomic E-state index is 14.5. The first-order valence-electron chi connectivity index (χ1n) is 25.2. The average Bonchev–Trinajstić information content (AvgIpc) is 3.32. The van der Waals surface area contributed by atoms with E-state index in [-0.39, 0.29) is 74.3 Å². The Morgan fingerprint density at radius 2 is 1.62 bits per heavy atom. The Morgan fingerprint density at radius 3 is 2.29 bits per heavy atom. The Balaban J connectivity index is 1.70. The van der Waals surface area contributed by atoms with E-state index in [0.717, 1.165) is 30.4 Å². The zero-order valence-corrected chi connectivity index (χ0v) is 42.7. The highest BCUT2D eigenvalue weighted by atomic mass is 16.6. The molecule has 14 nitrogen and oxygen atoms in total. The molecule has 0 aromatic rings. The van der Waals surface area contributed by atoms with Gasteiger partial charge in [-0.3, -0.25) is 14.4 Å². The van der Waals surface area contributed by atoms with Crippen molar-refractivity contribution < 1.29 is 62.9 Å². The SMILES string of the molecule is C=C1[C@H](C)C[C@H](C)/C=C/C=C/C=C(\C)[C@@H](OC)C[C@@H]2CC[C@@H](C)[C@@](O)(O2)C(=O)C(=O)N2CCCC[C@H]2C(=O)O[C@H]([C@@H](C)C[C@@H]2CC[C@@H](OCCO)[C@H](OC)C2)CC(=O)[C@H](C)/C=C(\C)[C@@H](O)[C@H]1OC. The molecule has 0 aromatic carbocycles. The lowest BCUT2D eigenvalue weighted by Crippen LogP contribution is -2.61. The van der Waals surface area contributed by atoms with Crippen LogP contribution in [0.5, 0.6) is 0 Å². The van der Waals surface area contributed by atoms with Gasteiger partial charge in [-0.25, -0.2) is 4.79 Å². The summed E-state index contributed by atoms with van der Waals surface area (Å²) in [5, 5.41) is 33.0. The molecule has 2 saturated heterocycles. The fourth-order valence-corrected chi connectivity index (χ4v) is 10.6. The molecule has 4 rings (SSSR count). The molecule has 384 valence electrons. The first-order chi connectivity index (χ1) is 32.3. The first kappa shape index (κ1) is 57.2. The number of aliphatic hydroxyl groups excluding tert-OH is 2. The number of ether oxygens (including phenoxy) is 6. The Labute approximate surface area is 406 Å². The highest BCUT2D eigenvalue weighted by Gasteiger charge is 2.53. The molecule has 3 fully saturated rings. The molecule has 1 amide bonds. The van der Waals surface area contributed by atoms with Crippen molar-refractivity contribution in [3.8, 4) is 0 Å². The third-order valence-electron chi connectivity index (χ3n) is 15.1. The second-order valence-corrected chi connectivity index (χ2v) is 20.3. The van der Waals surface area contributed by atoms with E-state index in [9.17, 15) is 34.5 Å². The number of fused-ring (bicyclic) bond motifs is 3. The van der Waals surface area contributed by atoms with Crippen LogP contribution in [0.15, 0.2) is 59.8 Å². The van der Waals surface area contributed by atoms with E-state index in [0.29, 0.717) is 50.5 Å². The monoisotopic (exact) mass is 956 g/mol. The summed E-state index contributed by atoms with van der Waals surface area (Å²) in [6, 6.07) is -1.12. The molecule has 14 heteroatoms. The van der Waals surface area contributed by atoms with E-state index in [1.807, 2.05) is 38.2 Å². The molecule has 3 heterocycles. The Hall–Kier alpha value is -3.34. The summed E-state index contributed by atoms with van der Waals surface area (Å²) in [6.45, 7) is 17.9. The minimum atomic E-state index is -2.42. The molecule has 0 aromatic heterocycles. The lowest BCUT2D eigenvalue weighted by Gasteiger charge is -2.42. The number of Topliss-reactive ketones (excluding diaryl/α,β-unsaturated/α-hetero) is 2. The number of hydrogen-bond acceptors (Lipinski definition) is 13. The molecule has 68 heavy (non-hydrogen) atoms. The summed E-state index contributed by atoms with van der Waals surface area (Å²) in [5.74, 6) is -6.81. The number of hydrogen-bond donors (Lipinski definition) is 3. The van der Waals surface area contributed by atoms with E-state index in [4.69, 9.17) is 28.4 Å². The van der Waals surface area contributed by atoms with E-state index in [2.05, 4.69) is 26.5 Å². The van der Waals surface area contributed by atoms with Crippen LogP contribution in [0.1, 0.15) is 126 Å². The maximum absolute atomic E-state index is 14.5. The number of esters is 1. The standard InChI is InChI=1S/C54H85NO13/c1-33-17-13-12-14-18-34(2)46(63-9)31-42-22-20-39(7)54(62,68-42)51(59)52(60)55-24-16-15-19-43(55)53(61)67-47(37(5)29-41-21-23-45(66-26-25-56)48(30-41)64-10)32-44(57)36(4)28-38(6)49(58)50(65-11)40(8)35(3)27-33/h12-14,17-18,28,33,35-37,39,41-43,45-50,56,58,62H,8,15-16,19-27,29-32H2,1-7,9-11H3/b14-12+,17-13+,34-18+,38-28+/t33-,35-,36-,37+,39-,41+,42+,43+,45-,46+,47+,48-,49-,50+,54-/m1/s1. The number of cyclic esters (lactones) is 1. The van der Waals surface area contributed by atoms with Crippen LogP contribution in [-0.2, 0) is 47.6 Å². The number of ketones is 2. The van der Waals surface area contributed by atoms with Gasteiger partial charge in [-0.2, -0.15) is 0 Å². The fraction of sp³-hybridized carbons (Fsp3) is 0.741. The summed E-state index contributed by atoms with van der Waals surface area (Å²) in [4.78, 5) is 58.5. The Bertz CT molecular complexity index is 1810. The largest absolute Gasteiger partial charge is 0.460 e. The van der Waals surface area contributed by atoms with Crippen LogP contribution in [0.3, 0.4) is 0 Å². The molecule has 0 unspecified atom stereocenters. The van der Waals surface area contributed by atoms with Gasteiger partial charge in [0.25, 0.3) is 11.7 Å². The van der Waals surface area contributed by atoms with Crippen molar-refractivity contribution in [1.82, 2.24) is 4.90 Å². The smallest absolute Gasteiger partial charge is 0.329 e. The Morgan fingerprint density at radius 1 is 0.882 bits per heavy atom. The van der Waals surface area contributed by atoms with Gasteiger partial charge in [-0.05, 0) is 118 Å². The van der Waals surface area contributed by atoms with E-state index in [1.54, 1.807) is 41.1 Å². The highest BCUT2D eigenvalue weighted by molar-refractivity contribution is 6.39. The number of methoxy groups -OCH3 is 3. The molecule has 0 spiro atoms. The zero-order chi connectivity index (χ0) is 50.3. The summed E-state index contributed by atoms with van der Waals surface area (Å²) < 4.78 is 35.9. The number of nitrogens with zero attached hydrogens (tertiary/aromatic N) is 1. The molecule has 3 aliphatic heterocycles. The first-order valence-corrected chi connectivity index (χ1v) is 25.2. The maximum Gasteiger partial charge on any atom is 0.329 e. The average molecular weight is 956 g/mol. The van der Waals surface area contributed by atoms with Gasteiger partial charge in [0.15, 0.2) is 0 Å². The van der Waals surface area contributed by atoms with Crippen molar-refractivity contribution in [3.05, 3.63) is 59.8 Å². The summed E-state index contributed by atoms with van der Waals surface area (Å²) in [6.07, 6.45) is 13.8. The number of aliphatic hydroxyl groups is 3. The predicted molar refractivity (Wildman–Crippen MR) is 260 cm³/mol. The van der Waals surface area contributed by atoms with Gasteiger partial charge in [0.2, 0.25) is 5.79 Å². The summed E-state index contributed by atoms with van der Waals surface area (Å²) in [5.41, 5.74) is 2.20. The van der Waals surface area contributed by atoms with Gasteiger partial charge in [0, 0.05) is 52.6 Å². The Kier molecular flexibility index (Phi) is 23.0. The second kappa shape index (κ2) is 27.3. The molecule has 0 radical (unpaired) electrons. The van der Waals surface area contributed by atoms with Crippen molar-refractivity contribution in [2.45, 2.75) is 180 Å². The topological polar surface area (TPSA) is 188 Å². The third-order valence-corrected chi connectivity index (χ3v) is 15.1. The van der Waals surface area contributed by atoms with Crippen LogP contribution >= 0.6 is 0 Å². The molecular weight excluding hydrogens is 871 g/mol. The van der Waals surface area contributed by atoms with Crippen LogP contribution in [-0.4, -0.2) is 139 Å². The summed E-state index contributed by atoms with van der Waals surface area (Å²) in [7, 11) is 4.78. The van der Waals surface area contributed by atoms with Crippen LogP contribution in [0.4, 0.5) is 0 Å². The molecule has 4 aliphatic rings. The zero-order valence-electron chi connectivity index (χ0n) is 42.7. The lowest BCUT2D eigenvalue weighted by molar-refractivity contribution is -0.265. The van der Waals surface area contributed by atoms with Crippen molar-refractivity contribution in [2.24, 2.45) is 35.5 Å². The fourth-order valence-electron chi connectivity index (χ4n) is 10.6. The molecule has 15 atom stereocenters. The third kappa shape index (κ3) is 15.3. The van der Waals surface area contributed by atoms with Crippen LogP contribution in [0.25, 0.3) is 0 Å². The normalized spacial score (nSPS) is 39.2. The van der Waals surface area contributed by atoms with Gasteiger partial charge in [0.05, 0.1) is 37.6 Å². The number of allylic oxidation sites excluding steroid dienone is 6. The number of piperidine rings is 1. The molecule has 1 aliphatic carbocycles. The quantitative estimate of drug-likeness (QED) is 0.120. The van der Waals surface area contributed by atoms with E-state index < -0.39 is 71.8 Å². The number of carbonyl (C=O) groups excluding carboxylic acids is 4. The minimum Gasteiger partial charge on any atom is -0.460 e. The van der Waals surface area contributed by atoms with Gasteiger partial charge < -0.3 is 48.6 Å². The van der Waals surface area contributed by atoms with Crippen molar-refractivity contribution >= 4 is 23.4 Å². The van der Waals surface area contributed by atoms with Crippen molar-refractivity contribution in [1.29, 1.82) is 0 Å². The van der Waals surface area contributed by atoms with Crippen LogP contribution < -0.4 is 0 Å². The molecule has 1 saturated carbocycles. The van der Waals surface area contributed by atoms with Gasteiger partial charge >= 0.3 is 5.97 Å². The van der Waals surface area contributed by atoms with Crippen LogP contribution in [0, 0.1) is 35.5 Å². The predicted octanol–water partition coefficient (Wildman–Crippen LogP) is 7.18. The van der Waals surface area contributed by atoms with Gasteiger partial charge in [-0.1, -0.05) is 77.7 Å². The molecule has 2 bridgehead atoms. The lowest BCUT2D eigenvalue weighted by atomic mass is 9.78. The van der Waals surface area contributed by atoms with Crippen molar-refractivity contribution in [3.63, 3.8) is 0 Å². The van der Waals surface area contributed by atoms with Gasteiger partial charge in [0.1, 0.15) is 30.1 Å². The second-order valence-electron chi connectivity index (χ2n) is 20.3. The molecular formula is C54H85NO13. The minimum absolute atomic E-state index is 0.00160. The van der Waals surface area contributed by atoms with E-state index in [1.165, 1.54) is 12.0 Å².